The lowest BCUT2D eigenvalue weighted by Gasteiger charge is -2.37. The van der Waals surface area contributed by atoms with Crippen LogP contribution in [0.4, 0.5) is 11.4 Å². The summed E-state index contributed by atoms with van der Waals surface area (Å²) in [5.41, 5.74) is 5.16. The Bertz CT molecular complexity index is 1110. The van der Waals surface area contributed by atoms with E-state index in [1.54, 1.807) is 24.3 Å². The lowest BCUT2D eigenvalue weighted by molar-refractivity contribution is -0.385. The van der Waals surface area contributed by atoms with E-state index in [1.165, 1.54) is 28.8 Å². The van der Waals surface area contributed by atoms with Crippen LogP contribution in [0.3, 0.4) is 0 Å². The van der Waals surface area contributed by atoms with E-state index in [1.807, 2.05) is 18.2 Å². The van der Waals surface area contributed by atoms with Crippen LogP contribution < -0.4 is 0 Å². The Morgan fingerprint density at radius 3 is 1.78 bits per heavy atom. The molecular formula is C25H24N2O5. The summed E-state index contributed by atoms with van der Waals surface area (Å²) in [7, 11) is 0. The third-order valence-corrected chi connectivity index (χ3v) is 6.32. The number of nitro groups is 2. The van der Waals surface area contributed by atoms with Gasteiger partial charge in [-0.15, -0.1) is 0 Å². The molecule has 164 valence electrons. The molecule has 32 heavy (non-hydrogen) atoms. The molecule has 1 saturated heterocycles. The first-order valence-electron chi connectivity index (χ1n) is 10.5. The predicted octanol–water partition coefficient (Wildman–Crippen LogP) is 6.50. The van der Waals surface area contributed by atoms with Crippen molar-refractivity contribution in [3.63, 3.8) is 0 Å². The molecule has 0 aliphatic carbocycles. The fraction of sp³-hybridized carbons (Fsp3) is 0.280. The summed E-state index contributed by atoms with van der Waals surface area (Å²) >= 11 is 0. The van der Waals surface area contributed by atoms with Crippen LogP contribution in [0.2, 0.25) is 0 Å². The van der Waals surface area contributed by atoms with Gasteiger partial charge in [0.2, 0.25) is 0 Å². The van der Waals surface area contributed by atoms with Gasteiger partial charge in [0.05, 0.1) is 22.1 Å². The molecule has 0 amide bonds. The average molecular weight is 432 g/mol. The molecule has 0 aromatic heterocycles. The highest BCUT2D eigenvalue weighted by Crippen LogP contribution is 2.47. The van der Waals surface area contributed by atoms with Crippen molar-refractivity contribution in [2.24, 2.45) is 0 Å². The van der Waals surface area contributed by atoms with Gasteiger partial charge in [-0.25, -0.2) is 0 Å². The number of hydrogen-bond acceptors (Lipinski definition) is 5. The smallest absolute Gasteiger partial charge is 0.269 e. The standard InChI is InChI=1S/C25H24N2O5/c1-16-6-3-11-23(17(16)2)20-14-24(18-7-4-9-21(12-18)26(28)29)32-25(15-20)19-8-5-10-22(13-19)27(30)31/h3-13,20,24-25H,14-15H2,1-2H3/t20?,24-,25+. The van der Waals surface area contributed by atoms with Crippen molar-refractivity contribution >= 4 is 11.4 Å². The SMILES string of the molecule is Cc1cccc(C2C[C@@H](c3cccc([N+](=O)[O-])c3)O[C@@H](c3cccc([N+](=O)[O-])c3)C2)c1C. The molecule has 0 spiro atoms. The number of nitrogens with zero attached hydrogens (tertiary/aromatic N) is 2. The molecule has 1 aliphatic rings. The molecule has 7 heteroatoms. The van der Waals surface area contributed by atoms with E-state index in [0.717, 1.165) is 11.1 Å². The third kappa shape index (κ3) is 4.38. The number of ether oxygens (including phenoxy) is 1. The Labute approximate surface area is 186 Å². The number of aryl methyl sites for hydroxylation is 1. The number of rotatable bonds is 5. The van der Waals surface area contributed by atoms with Crippen LogP contribution in [-0.4, -0.2) is 9.85 Å². The second-order valence-electron chi connectivity index (χ2n) is 8.28. The van der Waals surface area contributed by atoms with Crippen LogP contribution in [0.1, 0.15) is 58.8 Å². The van der Waals surface area contributed by atoms with Crippen molar-refractivity contribution in [2.75, 3.05) is 0 Å². The molecule has 7 nitrogen and oxygen atoms in total. The number of nitro benzene ring substituents is 2. The number of benzene rings is 3. The molecule has 0 saturated carbocycles. The highest BCUT2D eigenvalue weighted by Gasteiger charge is 2.34. The van der Waals surface area contributed by atoms with Gasteiger partial charge in [-0.2, -0.15) is 0 Å². The van der Waals surface area contributed by atoms with Gasteiger partial charge in [0, 0.05) is 24.3 Å². The Morgan fingerprint density at radius 1 is 0.781 bits per heavy atom. The lowest BCUT2D eigenvalue weighted by Crippen LogP contribution is -2.23. The van der Waals surface area contributed by atoms with Gasteiger partial charge in [-0.3, -0.25) is 20.2 Å². The fourth-order valence-corrected chi connectivity index (χ4v) is 4.50. The van der Waals surface area contributed by atoms with Crippen LogP contribution in [-0.2, 0) is 4.74 Å². The second kappa shape index (κ2) is 8.88. The first-order valence-corrected chi connectivity index (χ1v) is 10.5. The maximum Gasteiger partial charge on any atom is 0.269 e. The molecule has 0 N–H and O–H groups in total. The zero-order chi connectivity index (χ0) is 22.8. The van der Waals surface area contributed by atoms with Gasteiger partial charge in [0.1, 0.15) is 0 Å². The van der Waals surface area contributed by atoms with E-state index in [-0.39, 0.29) is 29.5 Å². The van der Waals surface area contributed by atoms with Crippen LogP contribution in [0.5, 0.6) is 0 Å². The van der Waals surface area contributed by atoms with Gasteiger partial charge in [0.25, 0.3) is 11.4 Å². The van der Waals surface area contributed by atoms with E-state index in [2.05, 4.69) is 26.0 Å². The van der Waals surface area contributed by atoms with Gasteiger partial charge < -0.3 is 4.74 Å². The summed E-state index contributed by atoms with van der Waals surface area (Å²) in [6.45, 7) is 4.18. The van der Waals surface area contributed by atoms with Gasteiger partial charge in [0.15, 0.2) is 0 Å². The summed E-state index contributed by atoms with van der Waals surface area (Å²) in [6, 6.07) is 19.3. The number of hydrogen-bond donors (Lipinski definition) is 0. The zero-order valence-electron chi connectivity index (χ0n) is 17.9. The molecule has 3 aromatic rings. The second-order valence-corrected chi connectivity index (χ2v) is 8.28. The zero-order valence-corrected chi connectivity index (χ0v) is 17.9. The van der Waals surface area contributed by atoms with Gasteiger partial charge >= 0.3 is 0 Å². The third-order valence-electron chi connectivity index (χ3n) is 6.32. The molecule has 1 fully saturated rings. The molecule has 0 radical (unpaired) electrons. The highest BCUT2D eigenvalue weighted by molar-refractivity contribution is 5.40. The van der Waals surface area contributed by atoms with Crippen LogP contribution in [0, 0.1) is 34.1 Å². The fourth-order valence-electron chi connectivity index (χ4n) is 4.50. The first-order chi connectivity index (χ1) is 15.3. The van der Waals surface area contributed by atoms with E-state index in [0.29, 0.717) is 12.8 Å². The topological polar surface area (TPSA) is 95.5 Å². The molecule has 1 unspecified atom stereocenters. The maximum absolute atomic E-state index is 11.3. The van der Waals surface area contributed by atoms with Gasteiger partial charge in [-0.05, 0) is 60.4 Å². The molecule has 0 bridgehead atoms. The van der Waals surface area contributed by atoms with Crippen molar-refractivity contribution < 1.29 is 14.6 Å². The monoisotopic (exact) mass is 432 g/mol. The minimum absolute atomic E-state index is 0.0202. The van der Waals surface area contributed by atoms with Crippen molar-refractivity contribution in [3.8, 4) is 0 Å². The van der Waals surface area contributed by atoms with E-state index in [4.69, 9.17) is 4.74 Å². The summed E-state index contributed by atoms with van der Waals surface area (Å²) < 4.78 is 6.40. The summed E-state index contributed by atoms with van der Waals surface area (Å²) in [4.78, 5) is 21.8. The molecular weight excluding hydrogens is 408 g/mol. The molecule has 1 aliphatic heterocycles. The summed E-state index contributed by atoms with van der Waals surface area (Å²) in [6.07, 6.45) is 0.629. The Balaban J connectivity index is 1.75. The van der Waals surface area contributed by atoms with Crippen molar-refractivity contribution in [3.05, 3.63) is 115 Å². The predicted molar refractivity (Wildman–Crippen MR) is 121 cm³/mol. The largest absolute Gasteiger partial charge is 0.366 e. The molecule has 4 rings (SSSR count). The van der Waals surface area contributed by atoms with Crippen molar-refractivity contribution in [1.82, 2.24) is 0 Å². The van der Waals surface area contributed by atoms with E-state index < -0.39 is 9.85 Å². The van der Waals surface area contributed by atoms with E-state index >= 15 is 0 Å². The Hall–Kier alpha value is -3.58. The normalized spacial score (nSPS) is 20.6. The van der Waals surface area contributed by atoms with Crippen molar-refractivity contribution in [1.29, 1.82) is 0 Å². The van der Waals surface area contributed by atoms with Gasteiger partial charge in [-0.1, -0.05) is 42.5 Å². The lowest BCUT2D eigenvalue weighted by atomic mass is 9.80. The minimum atomic E-state index is -0.410. The van der Waals surface area contributed by atoms with E-state index in [9.17, 15) is 20.2 Å². The minimum Gasteiger partial charge on any atom is -0.366 e. The quantitative estimate of drug-likeness (QED) is 0.339. The number of non-ortho nitro benzene ring substituents is 2. The van der Waals surface area contributed by atoms with Crippen molar-refractivity contribution in [2.45, 2.75) is 44.8 Å². The molecule has 1 heterocycles. The Morgan fingerprint density at radius 2 is 1.28 bits per heavy atom. The molecule has 3 atom stereocenters. The highest BCUT2D eigenvalue weighted by atomic mass is 16.6. The Kier molecular flexibility index (Phi) is 6.01. The summed E-state index contributed by atoms with van der Waals surface area (Å²) in [5.74, 6) is 0.150. The summed E-state index contributed by atoms with van der Waals surface area (Å²) in [5, 5.41) is 22.6. The van der Waals surface area contributed by atoms with Crippen LogP contribution >= 0.6 is 0 Å². The first kappa shape index (κ1) is 21.6. The average Bonchev–Trinajstić information content (AvgIpc) is 2.80. The maximum atomic E-state index is 11.3. The van der Waals surface area contributed by atoms with Crippen LogP contribution in [0.25, 0.3) is 0 Å². The van der Waals surface area contributed by atoms with Crippen LogP contribution in [0.15, 0.2) is 66.7 Å². The molecule has 3 aromatic carbocycles.